The molecule has 6 nitrogen and oxygen atoms in total. The van der Waals surface area contributed by atoms with Crippen molar-refractivity contribution in [3.8, 4) is 11.5 Å². The Labute approximate surface area is 119 Å². The normalized spacial score (nSPS) is 12.6. The highest BCUT2D eigenvalue weighted by Gasteiger charge is 2.17. The number of hydrogen-bond acceptors (Lipinski definition) is 4. The van der Waals surface area contributed by atoms with Crippen LogP contribution in [0, 0.1) is 0 Å². The molecule has 0 spiro atoms. The Bertz CT molecular complexity index is 841. The lowest BCUT2D eigenvalue weighted by atomic mass is 10.2. The summed E-state index contributed by atoms with van der Waals surface area (Å²) in [7, 11) is 0. The molecule has 0 unspecified atom stereocenters. The Hall–Kier alpha value is -3.02. The number of aromatic amines is 1. The van der Waals surface area contributed by atoms with Gasteiger partial charge in [0.15, 0.2) is 17.2 Å². The van der Waals surface area contributed by atoms with Crippen LogP contribution in [-0.4, -0.2) is 22.9 Å². The van der Waals surface area contributed by atoms with Crippen molar-refractivity contribution >= 4 is 22.5 Å². The molecule has 1 aliphatic heterocycles. The van der Waals surface area contributed by atoms with E-state index in [2.05, 4.69) is 15.5 Å². The van der Waals surface area contributed by atoms with Gasteiger partial charge in [-0.05, 0) is 18.2 Å². The van der Waals surface area contributed by atoms with Gasteiger partial charge in [0, 0.05) is 17.1 Å². The number of H-pyrrole nitrogens is 1. The van der Waals surface area contributed by atoms with Gasteiger partial charge in [-0.25, -0.2) is 0 Å². The number of nitrogens with zero attached hydrogens (tertiary/aromatic N) is 1. The number of nitrogens with one attached hydrogen (secondary N) is 2. The van der Waals surface area contributed by atoms with Crippen molar-refractivity contribution in [3.63, 3.8) is 0 Å². The highest BCUT2D eigenvalue weighted by Crippen LogP contribution is 2.34. The van der Waals surface area contributed by atoms with E-state index in [0.29, 0.717) is 22.9 Å². The van der Waals surface area contributed by atoms with Gasteiger partial charge in [-0.1, -0.05) is 18.2 Å². The average Bonchev–Trinajstić information content (AvgIpc) is 3.13. The van der Waals surface area contributed by atoms with Crippen LogP contribution in [0.1, 0.15) is 10.5 Å². The average molecular weight is 281 g/mol. The Morgan fingerprint density at radius 3 is 2.95 bits per heavy atom. The second kappa shape index (κ2) is 4.52. The number of carbonyl (C=O) groups excluding carboxylic acids is 1. The van der Waals surface area contributed by atoms with E-state index in [1.165, 1.54) is 0 Å². The molecule has 0 atom stereocenters. The zero-order chi connectivity index (χ0) is 14.2. The molecule has 0 aliphatic carbocycles. The maximum atomic E-state index is 12.3. The molecule has 2 aromatic carbocycles. The van der Waals surface area contributed by atoms with Gasteiger partial charge in [0.2, 0.25) is 6.79 Å². The molecule has 0 radical (unpaired) electrons. The predicted octanol–water partition coefficient (Wildman–Crippen LogP) is 2.54. The zero-order valence-corrected chi connectivity index (χ0v) is 10.9. The van der Waals surface area contributed by atoms with E-state index in [0.717, 1.165) is 10.9 Å². The summed E-state index contributed by atoms with van der Waals surface area (Å²) in [6, 6.07) is 12.7. The van der Waals surface area contributed by atoms with E-state index in [1.807, 2.05) is 24.3 Å². The summed E-state index contributed by atoms with van der Waals surface area (Å²) in [4.78, 5) is 12.3. The van der Waals surface area contributed by atoms with Gasteiger partial charge in [-0.15, -0.1) is 0 Å². The van der Waals surface area contributed by atoms with E-state index >= 15 is 0 Å². The second-order valence-electron chi connectivity index (χ2n) is 4.64. The molecule has 4 rings (SSSR count). The first kappa shape index (κ1) is 11.8. The number of aromatic nitrogens is 2. The number of ether oxygens (including phenoxy) is 2. The number of anilines is 1. The molecule has 0 saturated carbocycles. The number of para-hydroxylation sites is 1. The number of hydrogen-bond donors (Lipinski definition) is 2. The van der Waals surface area contributed by atoms with E-state index in [4.69, 9.17) is 9.47 Å². The fourth-order valence-electron chi connectivity index (χ4n) is 2.30. The molecular weight excluding hydrogens is 270 g/mol. The maximum Gasteiger partial charge on any atom is 0.276 e. The van der Waals surface area contributed by atoms with Crippen molar-refractivity contribution in [2.24, 2.45) is 0 Å². The van der Waals surface area contributed by atoms with Gasteiger partial charge in [0.1, 0.15) is 0 Å². The molecule has 6 heteroatoms. The van der Waals surface area contributed by atoms with Crippen molar-refractivity contribution in [1.82, 2.24) is 10.2 Å². The fourth-order valence-corrected chi connectivity index (χ4v) is 2.30. The van der Waals surface area contributed by atoms with Crippen LogP contribution >= 0.6 is 0 Å². The second-order valence-corrected chi connectivity index (χ2v) is 4.64. The van der Waals surface area contributed by atoms with Gasteiger partial charge in [0.05, 0.1) is 5.52 Å². The van der Waals surface area contributed by atoms with E-state index in [-0.39, 0.29) is 12.7 Å². The van der Waals surface area contributed by atoms with Gasteiger partial charge < -0.3 is 14.8 Å². The first-order chi connectivity index (χ1) is 10.3. The number of rotatable bonds is 2. The van der Waals surface area contributed by atoms with Gasteiger partial charge >= 0.3 is 0 Å². The molecule has 104 valence electrons. The lowest BCUT2D eigenvalue weighted by Gasteiger charge is -2.04. The molecule has 1 amide bonds. The fraction of sp³-hybridized carbons (Fsp3) is 0.0667. The van der Waals surface area contributed by atoms with E-state index in [9.17, 15) is 4.79 Å². The summed E-state index contributed by atoms with van der Waals surface area (Å²) in [5.41, 5.74) is 1.83. The predicted molar refractivity (Wildman–Crippen MR) is 76.6 cm³/mol. The summed E-state index contributed by atoms with van der Waals surface area (Å²) in [5, 5.41) is 10.5. The smallest absolute Gasteiger partial charge is 0.276 e. The summed E-state index contributed by atoms with van der Waals surface area (Å²) >= 11 is 0. The lowest BCUT2D eigenvalue weighted by molar-refractivity contribution is 0.102. The lowest BCUT2D eigenvalue weighted by Crippen LogP contribution is -2.12. The summed E-state index contributed by atoms with van der Waals surface area (Å²) in [6.07, 6.45) is 0. The van der Waals surface area contributed by atoms with E-state index < -0.39 is 0 Å². The maximum absolute atomic E-state index is 12.3. The number of fused-ring (bicyclic) bond motifs is 2. The molecule has 3 aromatic rings. The highest BCUT2D eigenvalue weighted by atomic mass is 16.7. The molecule has 2 heterocycles. The van der Waals surface area contributed by atoms with E-state index in [1.54, 1.807) is 18.2 Å². The molecular formula is C15H11N3O3. The van der Waals surface area contributed by atoms with Crippen LogP contribution in [0.5, 0.6) is 11.5 Å². The summed E-state index contributed by atoms with van der Waals surface area (Å²) in [6.45, 7) is 0.205. The van der Waals surface area contributed by atoms with Crippen LogP contribution in [0.2, 0.25) is 0 Å². The molecule has 0 fully saturated rings. The SMILES string of the molecule is O=C(Nc1ccc2c(c1)OCO2)c1n[nH]c2ccccc12. The third kappa shape index (κ3) is 1.97. The number of carbonyl (C=O) groups is 1. The quantitative estimate of drug-likeness (QED) is 0.756. The Morgan fingerprint density at radius 2 is 2.00 bits per heavy atom. The first-order valence-corrected chi connectivity index (χ1v) is 6.45. The van der Waals surface area contributed by atoms with Gasteiger partial charge in [0.25, 0.3) is 5.91 Å². The third-order valence-electron chi connectivity index (χ3n) is 3.32. The minimum Gasteiger partial charge on any atom is -0.454 e. The topological polar surface area (TPSA) is 76.2 Å². The molecule has 1 aromatic heterocycles. The van der Waals surface area contributed by atoms with Crippen LogP contribution in [0.25, 0.3) is 10.9 Å². The van der Waals surface area contributed by atoms with Crippen LogP contribution < -0.4 is 14.8 Å². The van der Waals surface area contributed by atoms with Crippen LogP contribution in [0.3, 0.4) is 0 Å². The van der Waals surface area contributed by atoms with Crippen LogP contribution in [-0.2, 0) is 0 Å². The Morgan fingerprint density at radius 1 is 1.14 bits per heavy atom. The Kier molecular flexibility index (Phi) is 2.53. The standard InChI is InChI=1S/C15H11N3O3/c19-15(14-10-3-1-2-4-11(10)17-18-14)16-9-5-6-12-13(7-9)21-8-20-12/h1-7H,8H2,(H,16,19)(H,17,18). The molecule has 0 bridgehead atoms. The molecule has 2 N–H and O–H groups in total. The number of amides is 1. The van der Waals surface area contributed by atoms with Crippen LogP contribution in [0.15, 0.2) is 42.5 Å². The first-order valence-electron chi connectivity index (χ1n) is 6.45. The largest absolute Gasteiger partial charge is 0.454 e. The van der Waals surface area contributed by atoms with Gasteiger partial charge in [-0.2, -0.15) is 5.10 Å². The van der Waals surface area contributed by atoms with Crippen molar-refractivity contribution in [2.75, 3.05) is 12.1 Å². The number of benzene rings is 2. The van der Waals surface area contributed by atoms with Crippen molar-refractivity contribution in [3.05, 3.63) is 48.2 Å². The zero-order valence-electron chi connectivity index (χ0n) is 10.9. The van der Waals surface area contributed by atoms with Gasteiger partial charge in [-0.3, -0.25) is 9.89 Å². The minimum absolute atomic E-state index is 0.205. The summed E-state index contributed by atoms with van der Waals surface area (Å²) < 4.78 is 10.5. The minimum atomic E-state index is -0.272. The van der Waals surface area contributed by atoms with Crippen molar-refractivity contribution in [1.29, 1.82) is 0 Å². The molecule has 0 saturated heterocycles. The highest BCUT2D eigenvalue weighted by molar-refractivity contribution is 6.11. The van der Waals surface area contributed by atoms with Crippen molar-refractivity contribution < 1.29 is 14.3 Å². The van der Waals surface area contributed by atoms with Crippen molar-refractivity contribution in [2.45, 2.75) is 0 Å². The van der Waals surface area contributed by atoms with Crippen LogP contribution in [0.4, 0.5) is 5.69 Å². The summed E-state index contributed by atoms with van der Waals surface area (Å²) in [5.74, 6) is 1.03. The Balaban J connectivity index is 1.63. The molecule has 21 heavy (non-hydrogen) atoms. The monoisotopic (exact) mass is 281 g/mol. The third-order valence-corrected chi connectivity index (χ3v) is 3.32. The molecule has 1 aliphatic rings.